The molecule has 0 aliphatic heterocycles. The van der Waals surface area contributed by atoms with E-state index in [1.54, 1.807) is 12.5 Å². The second-order valence-electron chi connectivity index (χ2n) is 3.70. The van der Waals surface area contributed by atoms with E-state index < -0.39 is 0 Å². The van der Waals surface area contributed by atoms with Gasteiger partial charge in [-0.25, -0.2) is 0 Å². The van der Waals surface area contributed by atoms with E-state index in [1.807, 2.05) is 17.4 Å². The maximum atomic E-state index is 5.01. The Balaban J connectivity index is 1.76. The predicted molar refractivity (Wildman–Crippen MR) is 63.0 cm³/mol. The van der Waals surface area contributed by atoms with Crippen LogP contribution in [0.15, 0.2) is 40.5 Å². The van der Waals surface area contributed by atoms with Gasteiger partial charge in [0.05, 0.1) is 12.5 Å². The summed E-state index contributed by atoms with van der Waals surface area (Å²) >= 11 is 1.82. The molecular weight excluding hydrogens is 206 g/mol. The summed E-state index contributed by atoms with van der Waals surface area (Å²) in [6.45, 7) is 3.09. The van der Waals surface area contributed by atoms with E-state index >= 15 is 0 Å². The van der Waals surface area contributed by atoms with Crippen molar-refractivity contribution in [2.24, 2.45) is 0 Å². The Morgan fingerprint density at radius 2 is 2.40 bits per heavy atom. The molecule has 1 N–H and O–H groups in total. The average Bonchev–Trinajstić information content (AvgIpc) is 2.86. The van der Waals surface area contributed by atoms with E-state index in [1.165, 1.54) is 10.4 Å². The van der Waals surface area contributed by atoms with Crippen LogP contribution in [0, 0.1) is 0 Å². The smallest absolute Gasteiger partial charge is 0.0947 e. The zero-order valence-electron chi connectivity index (χ0n) is 8.77. The van der Waals surface area contributed by atoms with Gasteiger partial charge in [-0.15, -0.1) is 11.3 Å². The normalized spacial score (nSPS) is 12.9. The van der Waals surface area contributed by atoms with Gasteiger partial charge in [-0.3, -0.25) is 0 Å². The molecule has 80 valence electrons. The Kier molecular flexibility index (Phi) is 3.59. The van der Waals surface area contributed by atoms with Gasteiger partial charge in [-0.2, -0.15) is 0 Å². The Hall–Kier alpha value is -1.06. The highest BCUT2D eigenvalue weighted by Crippen LogP contribution is 2.11. The van der Waals surface area contributed by atoms with Crippen molar-refractivity contribution < 1.29 is 4.42 Å². The molecule has 0 spiro atoms. The van der Waals surface area contributed by atoms with Crippen LogP contribution in [0.1, 0.15) is 17.4 Å². The second kappa shape index (κ2) is 5.14. The van der Waals surface area contributed by atoms with Crippen molar-refractivity contribution in [3.8, 4) is 0 Å². The fourth-order valence-electron chi connectivity index (χ4n) is 1.49. The van der Waals surface area contributed by atoms with Crippen LogP contribution in [0.3, 0.4) is 0 Å². The van der Waals surface area contributed by atoms with E-state index in [0.29, 0.717) is 6.04 Å². The van der Waals surface area contributed by atoms with Crippen molar-refractivity contribution in [2.45, 2.75) is 25.9 Å². The highest BCUT2D eigenvalue weighted by atomic mass is 32.1. The molecule has 15 heavy (non-hydrogen) atoms. The molecule has 1 unspecified atom stereocenters. The first-order chi connectivity index (χ1) is 7.34. The largest absolute Gasteiger partial charge is 0.472 e. The summed E-state index contributed by atoms with van der Waals surface area (Å²) in [5.41, 5.74) is 1.20. The molecule has 0 saturated heterocycles. The van der Waals surface area contributed by atoms with E-state index in [9.17, 15) is 0 Å². The third kappa shape index (κ3) is 3.22. The molecule has 0 aliphatic carbocycles. The van der Waals surface area contributed by atoms with Crippen LogP contribution < -0.4 is 5.32 Å². The summed E-state index contributed by atoms with van der Waals surface area (Å²) in [5.74, 6) is 0. The van der Waals surface area contributed by atoms with Crippen molar-refractivity contribution in [3.05, 3.63) is 46.5 Å². The standard InChI is InChI=1S/C12H15NOS/c1-10(7-12-3-2-6-15-12)13-8-11-4-5-14-9-11/h2-6,9-10,13H,7-8H2,1H3. The van der Waals surface area contributed by atoms with E-state index in [0.717, 1.165) is 13.0 Å². The van der Waals surface area contributed by atoms with Crippen LogP contribution >= 0.6 is 11.3 Å². The van der Waals surface area contributed by atoms with Gasteiger partial charge in [0.25, 0.3) is 0 Å². The molecule has 2 heterocycles. The molecule has 0 aromatic carbocycles. The molecular formula is C12H15NOS. The van der Waals surface area contributed by atoms with Gasteiger partial charge < -0.3 is 9.73 Å². The van der Waals surface area contributed by atoms with E-state index in [2.05, 4.69) is 29.8 Å². The molecule has 1 atom stereocenters. The van der Waals surface area contributed by atoms with Crippen LogP contribution in [0.5, 0.6) is 0 Å². The fraction of sp³-hybridized carbons (Fsp3) is 0.333. The lowest BCUT2D eigenvalue weighted by Crippen LogP contribution is -2.26. The maximum absolute atomic E-state index is 5.01. The second-order valence-corrected chi connectivity index (χ2v) is 4.73. The van der Waals surface area contributed by atoms with Crippen molar-refractivity contribution in [2.75, 3.05) is 0 Å². The van der Waals surface area contributed by atoms with Crippen molar-refractivity contribution in [1.82, 2.24) is 5.32 Å². The van der Waals surface area contributed by atoms with Gasteiger partial charge in [0.15, 0.2) is 0 Å². The molecule has 0 radical (unpaired) electrons. The minimum Gasteiger partial charge on any atom is -0.472 e. The third-order valence-corrected chi connectivity index (χ3v) is 3.22. The summed E-state index contributed by atoms with van der Waals surface area (Å²) in [5, 5.41) is 5.59. The molecule has 0 saturated carbocycles. The SMILES string of the molecule is CC(Cc1cccs1)NCc1ccoc1. The average molecular weight is 221 g/mol. The Morgan fingerprint density at radius 3 is 3.07 bits per heavy atom. The molecule has 0 aliphatic rings. The van der Waals surface area contributed by atoms with E-state index in [4.69, 9.17) is 4.42 Å². The van der Waals surface area contributed by atoms with Crippen LogP contribution in [-0.2, 0) is 13.0 Å². The summed E-state index contributed by atoms with van der Waals surface area (Å²) < 4.78 is 5.01. The molecule has 0 amide bonds. The molecule has 0 bridgehead atoms. The Morgan fingerprint density at radius 1 is 1.47 bits per heavy atom. The third-order valence-electron chi connectivity index (χ3n) is 2.32. The van der Waals surface area contributed by atoms with Crippen molar-refractivity contribution in [1.29, 1.82) is 0 Å². The molecule has 2 aromatic rings. The Bertz CT molecular complexity index is 366. The maximum Gasteiger partial charge on any atom is 0.0947 e. The van der Waals surface area contributed by atoms with Gasteiger partial charge in [0, 0.05) is 23.0 Å². The number of rotatable bonds is 5. The highest BCUT2D eigenvalue weighted by Gasteiger charge is 2.04. The van der Waals surface area contributed by atoms with Crippen LogP contribution in [-0.4, -0.2) is 6.04 Å². The molecule has 2 aromatic heterocycles. The topological polar surface area (TPSA) is 25.2 Å². The first-order valence-corrected chi connectivity index (χ1v) is 5.99. The summed E-state index contributed by atoms with van der Waals surface area (Å²) in [4.78, 5) is 1.43. The zero-order valence-corrected chi connectivity index (χ0v) is 9.59. The van der Waals surface area contributed by atoms with Crippen LogP contribution in [0.25, 0.3) is 0 Å². The van der Waals surface area contributed by atoms with E-state index in [-0.39, 0.29) is 0 Å². The first kappa shape index (κ1) is 10.5. The molecule has 0 fully saturated rings. The lowest BCUT2D eigenvalue weighted by molar-refractivity contribution is 0.534. The van der Waals surface area contributed by atoms with Crippen molar-refractivity contribution in [3.63, 3.8) is 0 Å². The Labute approximate surface area is 93.9 Å². The minimum absolute atomic E-state index is 0.499. The fourth-order valence-corrected chi connectivity index (χ4v) is 2.32. The van der Waals surface area contributed by atoms with Gasteiger partial charge >= 0.3 is 0 Å². The van der Waals surface area contributed by atoms with Crippen molar-refractivity contribution >= 4 is 11.3 Å². The van der Waals surface area contributed by atoms with Gasteiger partial charge in [0.1, 0.15) is 0 Å². The highest BCUT2D eigenvalue weighted by molar-refractivity contribution is 7.09. The lowest BCUT2D eigenvalue weighted by Gasteiger charge is -2.11. The molecule has 2 nitrogen and oxygen atoms in total. The first-order valence-electron chi connectivity index (χ1n) is 5.11. The number of thiophene rings is 1. The number of furan rings is 1. The van der Waals surface area contributed by atoms with Gasteiger partial charge in [0.2, 0.25) is 0 Å². The minimum atomic E-state index is 0.499. The molecule has 2 rings (SSSR count). The molecule has 3 heteroatoms. The number of nitrogens with one attached hydrogen (secondary N) is 1. The number of hydrogen-bond donors (Lipinski definition) is 1. The van der Waals surface area contributed by atoms with Gasteiger partial charge in [-0.05, 0) is 30.9 Å². The summed E-state index contributed by atoms with van der Waals surface area (Å²) in [7, 11) is 0. The van der Waals surface area contributed by atoms with Gasteiger partial charge in [-0.1, -0.05) is 6.07 Å². The summed E-state index contributed by atoms with van der Waals surface area (Å²) in [6.07, 6.45) is 4.58. The lowest BCUT2D eigenvalue weighted by atomic mass is 10.2. The zero-order chi connectivity index (χ0) is 10.5. The van der Waals surface area contributed by atoms with Crippen LogP contribution in [0.2, 0.25) is 0 Å². The predicted octanol–water partition coefficient (Wildman–Crippen LogP) is 3.06. The van der Waals surface area contributed by atoms with Crippen LogP contribution in [0.4, 0.5) is 0 Å². The summed E-state index contributed by atoms with van der Waals surface area (Å²) in [6, 6.07) is 6.77. The number of hydrogen-bond acceptors (Lipinski definition) is 3. The quantitative estimate of drug-likeness (QED) is 0.839. The monoisotopic (exact) mass is 221 g/mol.